The lowest BCUT2D eigenvalue weighted by atomic mass is 10.2. The second-order valence-corrected chi connectivity index (χ2v) is 7.13. The number of aromatic nitrogens is 6. The lowest BCUT2D eigenvalue weighted by molar-refractivity contribution is -0.121. The molecule has 0 aromatic carbocycles. The fourth-order valence-corrected chi connectivity index (χ4v) is 3.61. The predicted octanol–water partition coefficient (Wildman–Crippen LogP) is 0.953. The molecule has 0 unspecified atom stereocenters. The number of pyridine rings is 1. The molecule has 4 heterocycles. The summed E-state index contributed by atoms with van der Waals surface area (Å²) >= 11 is 0. The zero-order chi connectivity index (χ0) is 19.3. The number of fused-ring (bicyclic) bond motifs is 2. The van der Waals surface area contributed by atoms with Crippen molar-refractivity contribution in [1.82, 2.24) is 34.3 Å². The normalized spacial score (nSPS) is 14.0. The van der Waals surface area contributed by atoms with Crippen LogP contribution < -0.4 is 11.0 Å². The number of carbonyl (C=O) groups is 1. The number of carbonyl (C=O) groups excluding carboxylic acids is 1. The van der Waals surface area contributed by atoms with Crippen molar-refractivity contribution in [3.8, 4) is 0 Å². The van der Waals surface area contributed by atoms with E-state index in [4.69, 9.17) is 0 Å². The van der Waals surface area contributed by atoms with Gasteiger partial charge in [0, 0.05) is 38.5 Å². The van der Waals surface area contributed by atoms with E-state index in [1.807, 2.05) is 6.07 Å². The van der Waals surface area contributed by atoms with Gasteiger partial charge in [-0.1, -0.05) is 12.5 Å². The Kier molecular flexibility index (Phi) is 5.50. The maximum Gasteiger partial charge on any atom is 0.350 e. The van der Waals surface area contributed by atoms with Crippen molar-refractivity contribution in [3.63, 3.8) is 0 Å². The molecule has 1 amide bonds. The van der Waals surface area contributed by atoms with Crippen LogP contribution in [0, 0.1) is 0 Å². The van der Waals surface area contributed by atoms with E-state index in [9.17, 15) is 9.59 Å². The number of nitrogens with zero attached hydrogens (tertiary/aromatic N) is 6. The molecule has 28 heavy (non-hydrogen) atoms. The van der Waals surface area contributed by atoms with E-state index >= 15 is 0 Å². The summed E-state index contributed by atoms with van der Waals surface area (Å²) in [5, 5.41) is 15.8. The van der Waals surface area contributed by atoms with Crippen LogP contribution in [0.5, 0.6) is 0 Å². The van der Waals surface area contributed by atoms with Crippen LogP contribution in [0.1, 0.15) is 43.8 Å². The average Bonchev–Trinajstić information content (AvgIpc) is 3.14. The van der Waals surface area contributed by atoms with Crippen molar-refractivity contribution in [1.29, 1.82) is 0 Å². The molecule has 1 N–H and O–H groups in total. The summed E-state index contributed by atoms with van der Waals surface area (Å²) in [4.78, 5) is 24.3. The standard InChI is InChI=1S/C19H25N7O2/c27-18(10-14-26-19(28)25-13-5-3-8-17(25)23-26)20-11-6-9-16-22-21-15-7-2-1-4-12-24(15)16/h3,5,8,13H,1-2,4,6-7,9-12,14H2,(H,20,27). The molecule has 0 saturated heterocycles. The molecule has 3 aromatic heterocycles. The number of aryl methyl sites for hydroxylation is 3. The summed E-state index contributed by atoms with van der Waals surface area (Å²) in [6.45, 7) is 1.85. The van der Waals surface area contributed by atoms with Crippen LogP contribution in [0.2, 0.25) is 0 Å². The van der Waals surface area contributed by atoms with Gasteiger partial charge in [0.05, 0.1) is 6.54 Å². The molecule has 4 rings (SSSR count). The van der Waals surface area contributed by atoms with E-state index in [1.54, 1.807) is 18.3 Å². The van der Waals surface area contributed by atoms with Crippen molar-refractivity contribution in [3.05, 3.63) is 46.5 Å². The Labute approximate surface area is 162 Å². The molecule has 0 aliphatic carbocycles. The molecule has 0 bridgehead atoms. The van der Waals surface area contributed by atoms with E-state index < -0.39 is 0 Å². The Bertz CT molecular complexity index is 1020. The topological polar surface area (TPSA) is 99.1 Å². The van der Waals surface area contributed by atoms with Gasteiger partial charge in [-0.25, -0.2) is 9.48 Å². The summed E-state index contributed by atoms with van der Waals surface area (Å²) in [6.07, 6.45) is 8.13. The van der Waals surface area contributed by atoms with E-state index in [2.05, 4.69) is 25.2 Å². The first-order chi connectivity index (χ1) is 13.7. The van der Waals surface area contributed by atoms with Gasteiger partial charge in [0.15, 0.2) is 5.65 Å². The number of hydrogen-bond donors (Lipinski definition) is 1. The third kappa shape index (κ3) is 3.97. The first-order valence-corrected chi connectivity index (χ1v) is 9.94. The Morgan fingerprint density at radius 1 is 1.18 bits per heavy atom. The van der Waals surface area contributed by atoms with Gasteiger partial charge in [-0.2, -0.15) is 0 Å². The molecule has 0 fully saturated rings. The molecule has 9 nitrogen and oxygen atoms in total. The summed E-state index contributed by atoms with van der Waals surface area (Å²) in [5.74, 6) is 2.03. The van der Waals surface area contributed by atoms with Crippen molar-refractivity contribution < 1.29 is 4.79 Å². The Hall–Kier alpha value is -2.97. The largest absolute Gasteiger partial charge is 0.356 e. The summed E-state index contributed by atoms with van der Waals surface area (Å²) < 4.78 is 5.05. The Morgan fingerprint density at radius 3 is 3.00 bits per heavy atom. The van der Waals surface area contributed by atoms with E-state index in [0.29, 0.717) is 12.2 Å². The SMILES string of the molecule is O=C(CCn1nc2ccccn2c1=O)NCCCc1nnc2n1CCCCC2. The van der Waals surface area contributed by atoms with Crippen molar-refractivity contribution in [2.75, 3.05) is 6.54 Å². The van der Waals surface area contributed by atoms with Crippen LogP contribution in [0.4, 0.5) is 0 Å². The molecule has 9 heteroatoms. The second-order valence-electron chi connectivity index (χ2n) is 7.13. The maximum atomic E-state index is 12.2. The molecule has 0 saturated carbocycles. The fourth-order valence-electron chi connectivity index (χ4n) is 3.61. The van der Waals surface area contributed by atoms with Crippen LogP contribution >= 0.6 is 0 Å². The highest BCUT2D eigenvalue weighted by atomic mass is 16.2. The number of hydrogen-bond acceptors (Lipinski definition) is 5. The van der Waals surface area contributed by atoms with Crippen LogP contribution in [0.15, 0.2) is 29.2 Å². The third-order valence-electron chi connectivity index (χ3n) is 5.12. The number of amides is 1. The zero-order valence-electron chi connectivity index (χ0n) is 15.9. The molecule has 3 aromatic rings. The second kappa shape index (κ2) is 8.37. The highest BCUT2D eigenvalue weighted by Crippen LogP contribution is 2.15. The van der Waals surface area contributed by atoms with Gasteiger partial charge in [0.1, 0.15) is 11.6 Å². The summed E-state index contributed by atoms with van der Waals surface area (Å²) in [5.41, 5.74) is 0.358. The van der Waals surface area contributed by atoms with Crippen LogP contribution in [0.3, 0.4) is 0 Å². The average molecular weight is 383 g/mol. The van der Waals surface area contributed by atoms with E-state index in [1.165, 1.54) is 28.3 Å². The Morgan fingerprint density at radius 2 is 2.11 bits per heavy atom. The molecular formula is C19H25N7O2. The summed E-state index contributed by atoms with van der Waals surface area (Å²) in [7, 11) is 0. The maximum absolute atomic E-state index is 12.2. The van der Waals surface area contributed by atoms with Gasteiger partial charge in [-0.15, -0.1) is 15.3 Å². The van der Waals surface area contributed by atoms with Gasteiger partial charge in [-0.05, 0) is 31.4 Å². The van der Waals surface area contributed by atoms with Gasteiger partial charge in [0.25, 0.3) is 0 Å². The highest BCUT2D eigenvalue weighted by Gasteiger charge is 2.14. The highest BCUT2D eigenvalue weighted by molar-refractivity contribution is 5.75. The summed E-state index contributed by atoms with van der Waals surface area (Å²) in [6, 6.07) is 5.37. The van der Waals surface area contributed by atoms with E-state index in [0.717, 1.165) is 37.5 Å². The first-order valence-electron chi connectivity index (χ1n) is 9.94. The minimum absolute atomic E-state index is 0.0796. The number of rotatable bonds is 7. The van der Waals surface area contributed by atoms with Gasteiger partial charge < -0.3 is 9.88 Å². The van der Waals surface area contributed by atoms with Crippen molar-refractivity contribution >= 4 is 11.6 Å². The first kappa shape index (κ1) is 18.4. The number of nitrogens with one attached hydrogen (secondary N) is 1. The van der Waals surface area contributed by atoms with Crippen LogP contribution in [-0.4, -0.2) is 41.4 Å². The van der Waals surface area contributed by atoms with Crippen LogP contribution in [-0.2, 0) is 30.7 Å². The Balaban J connectivity index is 1.22. The monoisotopic (exact) mass is 383 g/mol. The van der Waals surface area contributed by atoms with Gasteiger partial charge in [-0.3, -0.25) is 9.20 Å². The molecule has 0 atom stereocenters. The minimum atomic E-state index is -0.226. The smallest absolute Gasteiger partial charge is 0.350 e. The lowest BCUT2D eigenvalue weighted by Gasteiger charge is -2.07. The van der Waals surface area contributed by atoms with Gasteiger partial charge >= 0.3 is 5.69 Å². The molecule has 1 aliphatic heterocycles. The molecule has 0 radical (unpaired) electrons. The molecule has 1 aliphatic rings. The molecule has 0 spiro atoms. The van der Waals surface area contributed by atoms with Gasteiger partial charge in [0.2, 0.25) is 5.91 Å². The fraction of sp³-hybridized carbons (Fsp3) is 0.526. The quantitative estimate of drug-likeness (QED) is 0.613. The van der Waals surface area contributed by atoms with Crippen molar-refractivity contribution in [2.45, 2.75) is 58.0 Å². The van der Waals surface area contributed by atoms with Crippen molar-refractivity contribution in [2.24, 2.45) is 0 Å². The van der Waals surface area contributed by atoms with Crippen LogP contribution in [0.25, 0.3) is 5.65 Å². The third-order valence-corrected chi connectivity index (χ3v) is 5.12. The molecule has 148 valence electrons. The predicted molar refractivity (Wildman–Crippen MR) is 103 cm³/mol. The lowest BCUT2D eigenvalue weighted by Crippen LogP contribution is -2.28. The minimum Gasteiger partial charge on any atom is -0.356 e. The van der Waals surface area contributed by atoms with E-state index in [-0.39, 0.29) is 24.6 Å². The zero-order valence-corrected chi connectivity index (χ0v) is 15.9. The molecular weight excluding hydrogens is 358 g/mol.